The number of ether oxygens (including phenoxy) is 1. The number of hydrogen-bond donors (Lipinski definition) is 2. The SMILES string of the molecule is CCn1cc(-c2ccnc(-n3ccn4c5c(cc4c3=O)CC(C)(C)C5)c2CO)cc(Nc2ccc(N3CCOC[C@@H]3C)nn2)c1=O. The van der Waals surface area contributed by atoms with Gasteiger partial charge in [-0.2, -0.15) is 0 Å². The van der Waals surface area contributed by atoms with Gasteiger partial charge in [-0.15, -0.1) is 10.2 Å². The Morgan fingerprint density at radius 2 is 1.93 bits per heavy atom. The highest BCUT2D eigenvalue weighted by molar-refractivity contribution is 5.73. The maximum Gasteiger partial charge on any atom is 0.280 e. The minimum absolute atomic E-state index is 0.168. The van der Waals surface area contributed by atoms with E-state index in [-0.39, 0.29) is 29.2 Å². The fourth-order valence-electron chi connectivity index (χ4n) is 6.80. The predicted octanol–water partition coefficient (Wildman–Crippen LogP) is 3.71. The fraction of sp³-hybridized carbons (Fsp3) is 0.382. The molecule has 1 fully saturated rings. The normalized spacial score (nSPS) is 17.4. The van der Waals surface area contributed by atoms with E-state index in [9.17, 15) is 14.7 Å². The molecule has 2 aliphatic rings. The molecule has 0 unspecified atom stereocenters. The van der Waals surface area contributed by atoms with E-state index in [2.05, 4.69) is 46.2 Å². The maximum absolute atomic E-state index is 13.8. The molecule has 5 aromatic heterocycles. The van der Waals surface area contributed by atoms with Gasteiger partial charge in [-0.05, 0) is 73.6 Å². The molecule has 1 aliphatic carbocycles. The summed E-state index contributed by atoms with van der Waals surface area (Å²) in [6, 6.07) is 9.38. The number of nitrogens with zero attached hydrogens (tertiary/aromatic N) is 7. The zero-order chi connectivity index (χ0) is 32.2. The molecule has 1 atom stereocenters. The first-order valence-corrected chi connectivity index (χ1v) is 15.7. The lowest BCUT2D eigenvalue weighted by Gasteiger charge is -2.33. The molecule has 1 saturated heterocycles. The Balaban J connectivity index is 1.25. The molecule has 0 bridgehead atoms. The number of rotatable bonds is 7. The summed E-state index contributed by atoms with van der Waals surface area (Å²) in [6.07, 6.45) is 8.81. The van der Waals surface area contributed by atoms with Crippen LogP contribution in [0.15, 0.2) is 64.7 Å². The summed E-state index contributed by atoms with van der Waals surface area (Å²) in [5, 5.41) is 22.5. The molecule has 7 rings (SSSR count). The van der Waals surface area contributed by atoms with E-state index in [1.54, 1.807) is 41.4 Å². The third-order valence-corrected chi connectivity index (χ3v) is 9.08. The van der Waals surface area contributed by atoms with Crippen molar-refractivity contribution in [2.75, 3.05) is 30.0 Å². The molecule has 0 spiro atoms. The van der Waals surface area contributed by atoms with Crippen LogP contribution in [0.4, 0.5) is 17.3 Å². The van der Waals surface area contributed by atoms with Crippen LogP contribution in [0.1, 0.15) is 44.5 Å². The molecule has 0 radical (unpaired) electrons. The molecule has 0 saturated carbocycles. The van der Waals surface area contributed by atoms with Gasteiger partial charge in [0, 0.05) is 54.7 Å². The topological polar surface area (TPSA) is 132 Å². The summed E-state index contributed by atoms with van der Waals surface area (Å²) in [5.74, 6) is 1.53. The second-order valence-corrected chi connectivity index (χ2v) is 12.9. The lowest BCUT2D eigenvalue weighted by molar-refractivity contribution is 0.0984. The number of fused-ring (bicyclic) bond motifs is 3. The number of aromatic nitrogens is 6. The Hall–Kier alpha value is -4.81. The Kier molecular flexibility index (Phi) is 7.48. The summed E-state index contributed by atoms with van der Waals surface area (Å²) >= 11 is 0. The van der Waals surface area contributed by atoms with Crippen LogP contribution in [0, 0.1) is 5.41 Å². The van der Waals surface area contributed by atoms with Crippen molar-refractivity contribution < 1.29 is 9.84 Å². The second-order valence-electron chi connectivity index (χ2n) is 12.9. The first kappa shape index (κ1) is 29.9. The number of hydrogen-bond acceptors (Lipinski definition) is 9. The van der Waals surface area contributed by atoms with Crippen LogP contribution >= 0.6 is 0 Å². The molecule has 12 heteroatoms. The molecule has 0 aromatic carbocycles. The van der Waals surface area contributed by atoms with Crippen LogP contribution < -0.4 is 21.3 Å². The Morgan fingerprint density at radius 3 is 2.67 bits per heavy atom. The number of anilines is 3. The Labute approximate surface area is 265 Å². The van der Waals surface area contributed by atoms with E-state index in [0.717, 1.165) is 25.2 Å². The fourth-order valence-corrected chi connectivity index (χ4v) is 6.80. The van der Waals surface area contributed by atoms with Gasteiger partial charge >= 0.3 is 0 Å². The van der Waals surface area contributed by atoms with Gasteiger partial charge in [0.25, 0.3) is 11.1 Å². The van der Waals surface area contributed by atoms with Crippen molar-refractivity contribution in [1.82, 2.24) is 28.7 Å². The monoisotopic (exact) mass is 622 g/mol. The van der Waals surface area contributed by atoms with Crippen LogP contribution in [-0.2, 0) is 30.7 Å². The number of pyridine rings is 2. The van der Waals surface area contributed by atoms with Crippen molar-refractivity contribution in [2.24, 2.45) is 5.41 Å². The smallest absolute Gasteiger partial charge is 0.280 e. The lowest BCUT2D eigenvalue weighted by atomic mass is 9.90. The largest absolute Gasteiger partial charge is 0.392 e. The molecule has 5 aromatic rings. The standard InChI is InChI=1S/C34H38N8O4/c1-5-39-18-23(14-26(32(39)44)36-29-6-7-30(38-37-29)40-12-13-46-20-21(40)2)24-8-9-35-31(25(24)19-43)42-11-10-41-27(33(42)45)15-22-16-34(3,4)17-28(22)41/h6-11,14-15,18,21,43H,5,12-13,16-17,19-20H2,1-4H3,(H,36,37)/t21-/m0/s1. The van der Waals surface area contributed by atoms with Crippen molar-refractivity contribution in [2.45, 2.75) is 59.7 Å². The Morgan fingerprint density at radius 1 is 1.09 bits per heavy atom. The van der Waals surface area contributed by atoms with Gasteiger partial charge < -0.3 is 29.0 Å². The molecule has 238 valence electrons. The summed E-state index contributed by atoms with van der Waals surface area (Å²) in [7, 11) is 0. The van der Waals surface area contributed by atoms with Crippen molar-refractivity contribution in [3.05, 3.63) is 92.6 Å². The van der Waals surface area contributed by atoms with Gasteiger partial charge in [-0.25, -0.2) is 4.98 Å². The van der Waals surface area contributed by atoms with Crippen LogP contribution in [0.25, 0.3) is 22.5 Å². The predicted molar refractivity (Wildman–Crippen MR) is 176 cm³/mol. The third kappa shape index (κ3) is 5.17. The van der Waals surface area contributed by atoms with Crippen molar-refractivity contribution in [3.63, 3.8) is 0 Å². The average molecular weight is 623 g/mol. The van der Waals surface area contributed by atoms with Gasteiger partial charge in [0.15, 0.2) is 11.6 Å². The number of aliphatic hydroxyl groups is 1. The Bertz CT molecular complexity index is 2060. The summed E-state index contributed by atoms with van der Waals surface area (Å²) < 4.78 is 10.6. The first-order chi connectivity index (χ1) is 22.2. The lowest BCUT2D eigenvalue weighted by Crippen LogP contribution is -2.44. The molecule has 6 heterocycles. The highest BCUT2D eigenvalue weighted by Gasteiger charge is 2.32. The molecule has 1 aliphatic heterocycles. The van der Waals surface area contributed by atoms with Crippen LogP contribution in [0.2, 0.25) is 0 Å². The number of aliphatic hydroxyl groups excluding tert-OH is 1. The van der Waals surface area contributed by atoms with Crippen molar-refractivity contribution >= 4 is 22.8 Å². The molecule has 0 amide bonds. The van der Waals surface area contributed by atoms with E-state index >= 15 is 0 Å². The van der Waals surface area contributed by atoms with Crippen LogP contribution in [0.5, 0.6) is 0 Å². The summed E-state index contributed by atoms with van der Waals surface area (Å²) in [4.78, 5) is 33.9. The quantitative estimate of drug-likeness (QED) is 0.279. The van der Waals surface area contributed by atoms with Crippen molar-refractivity contribution in [3.8, 4) is 16.9 Å². The highest BCUT2D eigenvalue weighted by Crippen LogP contribution is 2.37. The maximum atomic E-state index is 13.8. The average Bonchev–Trinajstić information content (AvgIpc) is 3.54. The molecule has 46 heavy (non-hydrogen) atoms. The van der Waals surface area contributed by atoms with E-state index in [1.165, 1.54) is 15.8 Å². The highest BCUT2D eigenvalue weighted by atomic mass is 16.5. The molecular weight excluding hydrogens is 584 g/mol. The van der Waals surface area contributed by atoms with Gasteiger partial charge in [0.05, 0.1) is 25.9 Å². The third-order valence-electron chi connectivity index (χ3n) is 9.08. The molecule has 12 nitrogen and oxygen atoms in total. The zero-order valence-corrected chi connectivity index (χ0v) is 26.5. The molecular formula is C34H38N8O4. The number of aryl methyl sites for hydroxylation is 1. The minimum atomic E-state index is -0.358. The summed E-state index contributed by atoms with van der Waals surface area (Å²) in [5.41, 5.74) is 4.83. The van der Waals surface area contributed by atoms with Gasteiger partial charge in [0.2, 0.25) is 0 Å². The zero-order valence-electron chi connectivity index (χ0n) is 26.5. The molecule has 2 N–H and O–H groups in total. The van der Waals surface area contributed by atoms with Crippen molar-refractivity contribution in [1.29, 1.82) is 0 Å². The van der Waals surface area contributed by atoms with Gasteiger partial charge in [0.1, 0.15) is 17.0 Å². The van der Waals surface area contributed by atoms with E-state index in [1.807, 2.05) is 29.7 Å². The van der Waals surface area contributed by atoms with E-state index < -0.39 is 0 Å². The minimum Gasteiger partial charge on any atom is -0.392 e. The van der Waals surface area contributed by atoms with Crippen LogP contribution in [-0.4, -0.2) is 59.6 Å². The number of morpholine rings is 1. The van der Waals surface area contributed by atoms with E-state index in [4.69, 9.17) is 4.74 Å². The second kappa shape index (κ2) is 11.5. The van der Waals surface area contributed by atoms with Gasteiger partial charge in [-0.3, -0.25) is 14.2 Å². The van der Waals surface area contributed by atoms with Gasteiger partial charge in [-0.1, -0.05) is 13.8 Å². The summed E-state index contributed by atoms with van der Waals surface area (Å²) in [6.45, 7) is 10.5. The first-order valence-electron chi connectivity index (χ1n) is 15.7. The van der Waals surface area contributed by atoms with E-state index in [0.29, 0.717) is 59.3 Å². The number of nitrogens with one attached hydrogen (secondary N) is 1. The van der Waals surface area contributed by atoms with Crippen LogP contribution in [0.3, 0.4) is 0 Å².